The van der Waals surface area contributed by atoms with Crippen molar-refractivity contribution < 1.29 is 18.9 Å². The summed E-state index contributed by atoms with van der Waals surface area (Å²) in [5.41, 5.74) is 0.835. The molecule has 1 amide bonds. The minimum Gasteiger partial charge on any atom is -0.496 e. The summed E-state index contributed by atoms with van der Waals surface area (Å²) < 4.78 is 10.2. The number of furan rings is 1. The molecule has 0 radical (unpaired) electrons. The molecule has 0 bridgehead atoms. The second-order valence-corrected chi connectivity index (χ2v) is 4.73. The van der Waals surface area contributed by atoms with E-state index < -0.39 is 16.7 Å². The summed E-state index contributed by atoms with van der Waals surface area (Å²) in [7, 11) is 3.16. The van der Waals surface area contributed by atoms with Crippen LogP contribution in [0, 0.1) is 10.1 Å². The first-order chi connectivity index (χ1) is 10.5. The summed E-state index contributed by atoms with van der Waals surface area (Å²) in [5, 5.41) is 10.6. The zero-order chi connectivity index (χ0) is 16.3. The van der Waals surface area contributed by atoms with Crippen molar-refractivity contribution in [3.05, 3.63) is 57.8 Å². The van der Waals surface area contributed by atoms with Crippen LogP contribution in [-0.4, -0.2) is 29.9 Å². The van der Waals surface area contributed by atoms with Gasteiger partial charge in [0, 0.05) is 12.6 Å². The number of carbonyl (C=O) groups excluding carboxylic acids is 1. The van der Waals surface area contributed by atoms with Gasteiger partial charge in [-0.15, -0.1) is 0 Å². The minimum atomic E-state index is -0.680. The van der Waals surface area contributed by atoms with Gasteiger partial charge in [-0.2, -0.15) is 0 Å². The molecule has 0 saturated heterocycles. The summed E-state index contributed by atoms with van der Waals surface area (Å²) in [4.78, 5) is 23.7. The number of ether oxygens (including phenoxy) is 1. The van der Waals surface area contributed by atoms with E-state index >= 15 is 0 Å². The maximum absolute atomic E-state index is 12.4. The third-order valence-corrected chi connectivity index (χ3v) is 3.47. The van der Waals surface area contributed by atoms with Crippen LogP contribution >= 0.6 is 0 Å². The molecule has 22 heavy (non-hydrogen) atoms. The molecule has 1 aromatic carbocycles. The van der Waals surface area contributed by atoms with Crippen molar-refractivity contribution in [1.82, 2.24) is 4.90 Å². The first-order valence-electron chi connectivity index (χ1n) is 6.60. The van der Waals surface area contributed by atoms with Crippen LogP contribution in [0.15, 0.2) is 40.8 Å². The molecule has 2 rings (SSSR count). The number of rotatable bonds is 5. The van der Waals surface area contributed by atoms with E-state index in [0.717, 1.165) is 11.6 Å². The lowest BCUT2D eigenvalue weighted by Crippen LogP contribution is -2.29. The predicted octanol–water partition coefficient (Wildman–Crippen LogP) is 3.03. The number of hydrogen-bond acceptors (Lipinski definition) is 5. The van der Waals surface area contributed by atoms with Gasteiger partial charge in [0.15, 0.2) is 5.76 Å². The van der Waals surface area contributed by atoms with Crippen LogP contribution in [0.1, 0.15) is 29.1 Å². The first kappa shape index (κ1) is 15.6. The van der Waals surface area contributed by atoms with Crippen LogP contribution in [-0.2, 0) is 0 Å². The van der Waals surface area contributed by atoms with E-state index in [4.69, 9.17) is 9.15 Å². The molecule has 0 spiro atoms. The van der Waals surface area contributed by atoms with Gasteiger partial charge in [-0.3, -0.25) is 14.9 Å². The van der Waals surface area contributed by atoms with Gasteiger partial charge in [0.1, 0.15) is 10.7 Å². The van der Waals surface area contributed by atoms with E-state index in [2.05, 4.69) is 0 Å². The molecule has 7 heteroatoms. The van der Waals surface area contributed by atoms with Gasteiger partial charge >= 0.3 is 5.88 Å². The third kappa shape index (κ3) is 2.93. The Bertz CT molecular complexity index is 695. The Labute approximate surface area is 127 Å². The number of nitro groups is 1. The van der Waals surface area contributed by atoms with Crippen LogP contribution in [0.4, 0.5) is 5.88 Å². The van der Waals surface area contributed by atoms with Crippen LogP contribution in [0.2, 0.25) is 0 Å². The Kier molecular flexibility index (Phi) is 4.45. The Morgan fingerprint density at radius 2 is 2.00 bits per heavy atom. The predicted molar refractivity (Wildman–Crippen MR) is 78.9 cm³/mol. The maximum Gasteiger partial charge on any atom is 0.433 e. The van der Waals surface area contributed by atoms with Crippen LogP contribution in [0.3, 0.4) is 0 Å². The largest absolute Gasteiger partial charge is 0.496 e. The van der Waals surface area contributed by atoms with E-state index in [1.165, 1.54) is 11.0 Å². The van der Waals surface area contributed by atoms with Crippen molar-refractivity contribution in [2.75, 3.05) is 14.2 Å². The molecule has 0 saturated carbocycles. The average Bonchev–Trinajstić information content (AvgIpc) is 3.03. The van der Waals surface area contributed by atoms with Crippen molar-refractivity contribution in [2.24, 2.45) is 0 Å². The highest BCUT2D eigenvalue weighted by Crippen LogP contribution is 2.29. The average molecular weight is 304 g/mol. The smallest absolute Gasteiger partial charge is 0.433 e. The quantitative estimate of drug-likeness (QED) is 0.626. The summed E-state index contributed by atoms with van der Waals surface area (Å²) in [5.74, 6) is -0.302. The van der Waals surface area contributed by atoms with Gasteiger partial charge < -0.3 is 14.1 Å². The molecule has 1 atom stereocenters. The number of carbonyl (C=O) groups is 1. The van der Waals surface area contributed by atoms with Gasteiger partial charge in [-0.1, -0.05) is 18.2 Å². The monoisotopic (exact) mass is 304 g/mol. The molecule has 0 aliphatic rings. The molecule has 0 aliphatic heterocycles. The summed E-state index contributed by atoms with van der Waals surface area (Å²) >= 11 is 0. The standard InChI is InChI=1S/C15H16N2O5/c1-10(11-6-4-5-7-12(11)21-3)16(2)15(18)13-8-9-14(22-13)17(19)20/h4-10H,1-3H3. The molecule has 0 N–H and O–H groups in total. The second kappa shape index (κ2) is 6.30. The molecule has 1 heterocycles. The summed E-state index contributed by atoms with van der Waals surface area (Å²) in [6, 6.07) is 9.53. The third-order valence-electron chi connectivity index (χ3n) is 3.47. The molecule has 1 aromatic heterocycles. The van der Waals surface area contributed by atoms with Gasteiger partial charge in [0.25, 0.3) is 5.91 Å². The Balaban J connectivity index is 2.23. The van der Waals surface area contributed by atoms with Crippen molar-refractivity contribution in [1.29, 1.82) is 0 Å². The molecule has 1 unspecified atom stereocenters. The summed E-state index contributed by atoms with van der Waals surface area (Å²) in [6.07, 6.45) is 0. The molecular formula is C15H16N2O5. The summed E-state index contributed by atoms with van der Waals surface area (Å²) in [6.45, 7) is 1.84. The number of amides is 1. The van der Waals surface area contributed by atoms with Crippen molar-refractivity contribution in [3.63, 3.8) is 0 Å². The first-order valence-corrected chi connectivity index (χ1v) is 6.60. The second-order valence-electron chi connectivity index (χ2n) is 4.73. The van der Waals surface area contributed by atoms with Crippen LogP contribution in [0.5, 0.6) is 5.75 Å². The van der Waals surface area contributed by atoms with E-state index in [-0.39, 0.29) is 11.8 Å². The van der Waals surface area contributed by atoms with E-state index in [0.29, 0.717) is 5.75 Å². The Morgan fingerprint density at radius 3 is 2.59 bits per heavy atom. The van der Waals surface area contributed by atoms with Crippen molar-refractivity contribution in [3.8, 4) is 5.75 Å². The van der Waals surface area contributed by atoms with Crippen LogP contribution in [0.25, 0.3) is 0 Å². The number of hydrogen-bond donors (Lipinski definition) is 0. The lowest BCUT2D eigenvalue weighted by Gasteiger charge is -2.25. The van der Waals surface area contributed by atoms with Gasteiger partial charge in [0.2, 0.25) is 0 Å². The van der Waals surface area contributed by atoms with E-state index in [9.17, 15) is 14.9 Å². The van der Waals surface area contributed by atoms with Crippen molar-refractivity contribution >= 4 is 11.8 Å². The number of para-hydroxylation sites is 1. The SMILES string of the molecule is COc1ccccc1C(C)N(C)C(=O)c1ccc([N+](=O)[O-])o1. The topological polar surface area (TPSA) is 85.8 Å². The van der Waals surface area contributed by atoms with Crippen molar-refractivity contribution in [2.45, 2.75) is 13.0 Å². The van der Waals surface area contributed by atoms with Crippen LogP contribution < -0.4 is 4.74 Å². The van der Waals surface area contributed by atoms with Gasteiger partial charge in [-0.25, -0.2) is 0 Å². The van der Waals surface area contributed by atoms with E-state index in [1.807, 2.05) is 31.2 Å². The highest BCUT2D eigenvalue weighted by Gasteiger charge is 2.25. The highest BCUT2D eigenvalue weighted by molar-refractivity contribution is 5.91. The zero-order valence-corrected chi connectivity index (χ0v) is 12.5. The molecule has 2 aromatic rings. The molecule has 7 nitrogen and oxygen atoms in total. The fourth-order valence-electron chi connectivity index (χ4n) is 2.11. The molecule has 116 valence electrons. The number of methoxy groups -OCH3 is 1. The Hall–Kier alpha value is -2.83. The normalized spacial score (nSPS) is 11.8. The maximum atomic E-state index is 12.4. The molecule has 0 fully saturated rings. The fraction of sp³-hybridized carbons (Fsp3) is 0.267. The Morgan fingerprint density at radius 1 is 1.32 bits per heavy atom. The number of nitrogens with zero attached hydrogens (tertiary/aromatic N) is 2. The molecular weight excluding hydrogens is 288 g/mol. The molecule has 0 aliphatic carbocycles. The fourth-order valence-corrected chi connectivity index (χ4v) is 2.11. The number of benzene rings is 1. The van der Waals surface area contributed by atoms with E-state index in [1.54, 1.807) is 14.2 Å². The lowest BCUT2D eigenvalue weighted by molar-refractivity contribution is -0.402. The zero-order valence-electron chi connectivity index (χ0n) is 12.5. The highest BCUT2D eigenvalue weighted by atomic mass is 16.6. The van der Waals surface area contributed by atoms with Gasteiger partial charge in [0.05, 0.1) is 19.2 Å². The lowest BCUT2D eigenvalue weighted by atomic mass is 10.1. The minimum absolute atomic E-state index is 0.0732. The van der Waals surface area contributed by atoms with Gasteiger partial charge in [-0.05, 0) is 19.1 Å².